The summed E-state index contributed by atoms with van der Waals surface area (Å²) in [5.74, 6) is 0. The molecule has 0 saturated heterocycles. The van der Waals surface area contributed by atoms with Crippen LogP contribution in [0.4, 0.5) is 4.79 Å². The normalized spacial score (nSPS) is 12.6. The van der Waals surface area contributed by atoms with E-state index in [1.807, 2.05) is 57.3 Å². The van der Waals surface area contributed by atoms with E-state index in [2.05, 4.69) is 15.7 Å². The van der Waals surface area contributed by atoms with Gasteiger partial charge >= 0.3 is 6.03 Å². The van der Waals surface area contributed by atoms with Crippen LogP contribution in [-0.2, 0) is 0 Å². The quantitative estimate of drug-likeness (QED) is 0.644. The van der Waals surface area contributed by atoms with Crippen LogP contribution >= 0.6 is 0 Å². The lowest BCUT2D eigenvalue weighted by molar-refractivity contribution is 0.148. The SMILES string of the molecule is CC(NC(=O)NCCCC(C)(C)CO)c1cccc(-n2cccn2)c1. The number of aliphatic hydroxyl groups is 1. The van der Waals surface area contributed by atoms with Gasteiger partial charge in [-0.05, 0) is 48.9 Å². The number of benzene rings is 1. The smallest absolute Gasteiger partial charge is 0.315 e. The summed E-state index contributed by atoms with van der Waals surface area (Å²) in [6, 6.07) is 9.53. The molecule has 2 aromatic rings. The van der Waals surface area contributed by atoms with Gasteiger partial charge in [-0.25, -0.2) is 9.48 Å². The van der Waals surface area contributed by atoms with Crippen LogP contribution in [0.3, 0.4) is 0 Å². The van der Waals surface area contributed by atoms with Gasteiger partial charge in [0.15, 0.2) is 0 Å². The lowest BCUT2D eigenvalue weighted by atomic mass is 9.89. The highest BCUT2D eigenvalue weighted by Crippen LogP contribution is 2.20. The highest BCUT2D eigenvalue weighted by molar-refractivity contribution is 5.74. The Kier molecular flexibility index (Phi) is 6.58. The largest absolute Gasteiger partial charge is 0.396 e. The highest BCUT2D eigenvalue weighted by atomic mass is 16.3. The number of urea groups is 1. The van der Waals surface area contributed by atoms with Crippen molar-refractivity contribution in [3.8, 4) is 5.69 Å². The van der Waals surface area contributed by atoms with Crippen LogP contribution in [0, 0.1) is 5.41 Å². The molecule has 1 unspecified atom stereocenters. The van der Waals surface area contributed by atoms with Crippen LogP contribution in [-0.4, -0.2) is 34.1 Å². The van der Waals surface area contributed by atoms with Gasteiger partial charge in [0, 0.05) is 25.5 Å². The van der Waals surface area contributed by atoms with Crippen molar-refractivity contribution in [1.82, 2.24) is 20.4 Å². The number of nitrogens with one attached hydrogen (secondary N) is 2. The van der Waals surface area contributed by atoms with Gasteiger partial charge in [-0.3, -0.25) is 0 Å². The van der Waals surface area contributed by atoms with E-state index in [4.69, 9.17) is 0 Å². The Morgan fingerprint density at radius 3 is 2.84 bits per heavy atom. The lowest BCUT2D eigenvalue weighted by Crippen LogP contribution is -2.37. The monoisotopic (exact) mass is 344 g/mol. The molecule has 3 N–H and O–H groups in total. The average Bonchev–Trinajstić information content (AvgIpc) is 3.13. The van der Waals surface area contributed by atoms with Gasteiger partial charge in [0.1, 0.15) is 0 Å². The summed E-state index contributed by atoms with van der Waals surface area (Å²) in [6.45, 7) is 6.73. The van der Waals surface area contributed by atoms with E-state index < -0.39 is 0 Å². The second-order valence-electron chi connectivity index (χ2n) is 7.09. The van der Waals surface area contributed by atoms with Crippen molar-refractivity contribution in [3.63, 3.8) is 0 Å². The zero-order valence-corrected chi connectivity index (χ0v) is 15.2. The van der Waals surface area contributed by atoms with Crippen molar-refractivity contribution in [2.24, 2.45) is 5.41 Å². The summed E-state index contributed by atoms with van der Waals surface area (Å²) in [5.41, 5.74) is 1.88. The Balaban J connectivity index is 1.82. The van der Waals surface area contributed by atoms with Crippen molar-refractivity contribution < 1.29 is 9.90 Å². The molecule has 0 aliphatic carbocycles. The molecule has 6 heteroatoms. The Labute approximate surface area is 149 Å². The number of aliphatic hydroxyl groups excluding tert-OH is 1. The number of carbonyl (C=O) groups is 1. The van der Waals surface area contributed by atoms with E-state index in [0.29, 0.717) is 6.54 Å². The van der Waals surface area contributed by atoms with Gasteiger partial charge < -0.3 is 15.7 Å². The second-order valence-corrected chi connectivity index (χ2v) is 7.09. The molecule has 0 bridgehead atoms. The van der Waals surface area contributed by atoms with Gasteiger partial charge in [-0.15, -0.1) is 0 Å². The van der Waals surface area contributed by atoms with Crippen molar-refractivity contribution in [2.75, 3.05) is 13.2 Å². The molecule has 1 aromatic carbocycles. The minimum Gasteiger partial charge on any atom is -0.396 e. The van der Waals surface area contributed by atoms with Gasteiger partial charge in [-0.1, -0.05) is 26.0 Å². The number of hydrogen-bond acceptors (Lipinski definition) is 3. The Hall–Kier alpha value is -2.34. The van der Waals surface area contributed by atoms with Crippen molar-refractivity contribution in [1.29, 1.82) is 0 Å². The predicted molar refractivity (Wildman–Crippen MR) is 98.6 cm³/mol. The minimum atomic E-state index is -0.182. The van der Waals surface area contributed by atoms with Crippen molar-refractivity contribution in [2.45, 2.75) is 39.7 Å². The van der Waals surface area contributed by atoms with Gasteiger partial charge in [0.2, 0.25) is 0 Å². The van der Waals surface area contributed by atoms with Gasteiger partial charge in [-0.2, -0.15) is 5.10 Å². The summed E-state index contributed by atoms with van der Waals surface area (Å²) in [4.78, 5) is 12.0. The first-order valence-electron chi connectivity index (χ1n) is 8.66. The maximum atomic E-state index is 12.0. The molecule has 2 amide bonds. The highest BCUT2D eigenvalue weighted by Gasteiger charge is 2.16. The molecule has 1 aromatic heterocycles. The Morgan fingerprint density at radius 1 is 1.36 bits per heavy atom. The molecule has 0 spiro atoms. The summed E-state index contributed by atoms with van der Waals surface area (Å²) < 4.78 is 1.79. The molecule has 6 nitrogen and oxygen atoms in total. The molecule has 1 heterocycles. The van der Waals surface area contributed by atoms with Crippen LogP contribution in [0.15, 0.2) is 42.7 Å². The zero-order chi connectivity index (χ0) is 18.3. The number of hydrogen-bond donors (Lipinski definition) is 3. The maximum absolute atomic E-state index is 12.0. The van der Waals surface area contributed by atoms with Gasteiger partial charge in [0.25, 0.3) is 0 Å². The van der Waals surface area contributed by atoms with Crippen LogP contribution in [0.5, 0.6) is 0 Å². The van der Waals surface area contributed by atoms with Crippen LogP contribution in [0.2, 0.25) is 0 Å². The fraction of sp³-hybridized carbons (Fsp3) is 0.474. The molecule has 25 heavy (non-hydrogen) atoms. The van der Waals surface area contributed by atoms with Gasteiger partial charge in [0.05, 0.1) is 11.7 Å². The summed E-state index contributed by atoms with van der Waals surface area (Å²) in [7, 11) is 0. The molecular weight excluding hydrogens is 316 g/mol. The van der Waals surface area contributed by atoms with E-state index in [9.17, 15) is 9.90 Å². The zero-order valence-electron chi connectivity index (χ0n) is 15.2. The summed E-state index contributed by atoms with van der Waals surface area (Å²) in [6.07, 6.45) is 5.33. The fourth-order valence-electron chi connectivity index (χ4n) is 2.54. The first kappa shape index (κ1) is 19.0. The van der Waals surface area contributed by atoms with E-state index in [0.717, 1.165) is 24.1 Å². The Bertz CT molecular complexity index is 668. The van der Waals surface area contributed by atoms with Crippen molar-refractivity contribution in [3.05, 3.63) is 48.3 Å². The maximum Gasteiger partial charge on any atom is 0.315 e. The van der Waals surface area contributed by atoms with Crippen molar-refractivity contribution >= 4 is 6.03 Å². The molecule has 0 radical (unpaired) electrons. The third-order valence-corrected chi connectivity index (χ3v) is 4.23. The molecule has 0 fully saturated rings. The third kappa shape index (κ3) is 5.90. The molecule has 0 saturated carbocycles. The second kappa shape index (κ2) is 8.67. The van der Waals surface area contributed by atoms with E-state index in [1.165, 1.54) is 0 Å². The van der Waals surface area contributed by atoms with Crippen LogP contribution in [0.1, 0.15) is 45.2 Å². The molecule has 0 aliphatic rings. The third-order valence-electron chi connectivity index (χ3n) is 4.23. The predicted octanol–water partition coefficient (Wildman–Crippen LogP) is 3.03. The minimum absolute atomic E-state index is 0.0988. The molecule has 2 rings (SSSR count). The first-order valence-corrected chi connectivity index (χ1v) is 8.66. The molecule has 136 valence electrons. The van der Waals surface area contributed by atoms with Crippen LogP contribution < -0.4 is 10.6 Å². The fourth-order valence-corrected chi connectivity index (χ4v) is 2.54. The van der Waals surface area contributed by atoms with E-state index >= 15 is 0 Å². The number of rotatable bonds is 8. The van der Waals surface area contributed by atoms with Crippen LogP contribution in [0.25, 0.3) is 5.69 Å². The number of carbonyl (C=O) groups excluding carboxylic acids is 1. The van der Waals surface area contributed by atoms with E-state index in [1.54, 1.807) is 10.9 Å². The lowest BCUT2D eigenvalue weighted by Gasteiger charge is -2.21. The topological polar surface area (TPSA) is 79.2 Å². The number of amides is 2. The standard InChI is InChI=1S/C19H28N4O2/c1-15(22-18(25)20-10-5-9-19(2,3)14-24)16-7-4-8-17(13-16)23-12-6-11-21-23/h4,6-8,11-13,15,24H,5,9-10,14H2,1-3H3,(H2,20,22,25). The Morgan fingerprint density at radius 2 is 2.16 bits per heavy atom. The number of nitrogens with zero attached hydrogens (tertiary/aromatic N) is 2. The van der Waals surface area contributed by atoms with E-state index in [-0.39, 0.29) is 24.1 Å². The first-order chi connectivity index (χ1) is 11.9. The molecule has 1 atom stereocenters. The summed E-state index contributed by atoms with van der Waals surface area (Å²) in [5, 5.41) is 19.3. The molecular formula is C19H28N4O2. The molecule has 0 aliphatic heterocycles. The summed E-state index contributed by atoms with van der Waals surface area (Å²) >= 11 is 0. The average molecular weight is 344 g/mol. The number of aromatic nitrogens is 2.